The molecule has 1 N–H and O–H groups in total. The molecule has 0 aromatic rings. The molecule has 5 rings (SSSR count). The van der Waals surface area contributed by atoms with E-state index in [4.69, 9.17) is 0 Å². The van der Waals surface area contributed by atoms with E-state index in [2.05, 4.69) is 17.3 Å². The largest absolute Gasteiger partial charge is 0.311 e. The number of nitrogens with zero attached hydrogens (tertiary/aromatic N) is 1. The number of hydrogen-bond acceptors (Lipinski definition) is 2. The Bertz CT molecular complexity index is 381. The molecule has 20 heavy (non-hydrogen) atoms. The molecule has 0 spiro atoms. The molecule has 0 amide bonds. The van der Waals surface area contributed by atoms with Gasteiger partial charge in [-0.1, -0.05) is 6.42 Å². The van der Waals surface area contributed by atoms with Crippen LogP contribution in [0.15, 0.2) is 0 Å². The first-order chi connectivity index (χ1) is 9.79. The summed E-state index contributed by atoms with van der Waals surface area (Å²) < 4.78 is 0. The summed E-state index contributed by atoms with van der Waals surface area (Å²) in [6, 6.07) is 3.52. The van der Waals surface area contributed by atoms with Crippen molar-refractivity contribution in [1.82, 2.24) is 10.2 Å². The van der Waals surface area contributed by atoms with Gasteiger partial charge in [0.1, 0.15) is 0 Å². The Balaban J connectivity index is 1.25. The van der Waals surface area contributed by atoms with Crippen molar-refractivity contribution >= 4 is 0 Å². The highest BCUT2D eigenvalue weighted by Gasteiger charge is 2.54. The van der Waals surface area contributed by atoms with Crippen LogP contribution in [0.1, 0.15) is 57.8 Å². The SMILES string of the molecule is CN1C2CCC1CC(NC1CC3CC1C1CCCC31)C2. The van der Waals surface area contributed by atoms with E-state index >= 15 is 0 Å². The second-order valence-corrected chi connectivity index (χ2v) is 8.65. The Labute approximate surface area is 123 Å². The Morgan fingerprint density at radius 3 is 2.35 bits per heavy atom. The van der Waals surface area contributed by atoms with Crippen LogP contribution in [0.25, 0.3) is 0 Å². The van der Waals surface area contributed by atoms with Crippen molar-refractivity contribution in [2.45, 2.75) is 82.0 Å². The number of piperidine rings is 1. The molecule has 2 heterocycles. The zero-order valence-corrected chi connectivity index (χ0v) is 12.9. The summed E-state index contributed by atoms with van der Waals surface area (Å²) in [6.45, 7) is 0. The van der Waals surface area contributed by atoms with Crippen molar-refractivity contribution in [3.8, 4) is 0 Å². The molecular weight excluding hydrogens is 244 g/mol. The highest BCUT2D eigenvalue weighted by atomic mass is 15.2. The fraction of sp³-hybridized carbons (Fsp3) is 1.00. The summed E-state index contributed by atoms with van der Waals surface area (Å²) in [5.41, 5.74) is 0. The van der Waals surface area contributed by atoms with Crippen molar-refractivity contribution in [2.24, 2.45) is 23.7 Å². The van der Waals surface area contributed by atoms with E-state index < -0.39 is 0 Å². The molecule has 2 aliphatic heterocycles. The molecule has 0 aromatic heterocycles. The van der Waals surface area contributed by atoms with Crippen LogP contribution in [-0.2, 0) is 0 Å². The smallest absolute Gasteiger partial charge is 0.0111 e. The molecule has 0 aromatic carbocycles. The van der Waals surface area contributed by atoms with E-state index in [1.165, 1.54) is 38.5 Å². The van der Waals surface area contributed by atoms with Crippen molar-refractivity contribution in [2.75, 3.05) is 7.05 Å². The second kappa shape index (κ2) is 4.46. The van der Waals surface area contributed by atoms with Gasteiger partial charge in [0.25, 0.3) is 0 Å². The topological polar surface area (TPSA) is 15.3 Å². The Hall–Kier alpha value is -0.0800. The minimum Gasteiger partial charge on any atom is -0.311 e. The van der Waals surface area contributed by atoms with Gasteiger partial charge in [-0.2, -0.15) is 0 Å². The van der Waals surface area contributed by atoms with Crippen LogP contribution in [0.4, 0.5) is 0 Å². The lowest BCUT2D eigenvalue weighted by molar-refractivity contribution is 0.125. The Kier molecular flexibility index (Phi) is 2.78. The normalized spacial score (nSPS) is 57.5. The van der Waals surface area contributed by atoms with Crippen LogP contribution in [0, 0.1) is 23.7 Å². The maximum atomic E-state index is 4.16. The molecule has 7 unspecified atom stereocenters. The predicted molar refractivity (Wildman–Crippen MR) is 81.6 cm³/mol. The van der Waals surface area contributed by atoms with Crippen LogP contribution in [-0.4, -0.2) is 36.1 Å². The summed E-state index contributed by atoms with van der Waals surface area (Å²) in [5, 5.41) is 4.16. The molecule has 3 saturated carbocycles. The summed E-state index contributed by atoms with van der Waals surface area (Å²) in [5.74, 6) is 4.43. The van der Waals surface area contributed by atoms with Gasteiger partial charge in [0.15, 0.2) is 0 Å². The van der Waals surface area contributed by atoms with Gasteiger partial charge in [0.2, 0.25) is 0 Å². The second-order valence-electron chi connectivity index (χ2n) is 8.65. The standard InChI is InChI=1S/C18H30N2/c1-20-13-5-6-14(20)10-12(9-13)19-18-8-11-7-17(18)16-4-2-3-15(11)16/h11-19H,2-10H2,1H3. The van der Waals surface area contributed by atoms with Crippen LogP contribution in [0.5, 0.6) is 0 Å². The minimum absolute atomic E-state index is 0.841. The van der Waals surface area contributed by atoms with Gasteiger partial charge in [0, 0.05) is 24.2 Å². The van der Waals surface area contributed by atoms with Gasteiger partial charge >= 0.3 is 0 Å². The predicted octanol–water partition coefficient (Wildman–Crippen LogP) is 3.03. The van der Waals surface area contributed by atoms with Crippen LogP contribution in [0.2, 0.25) is 0 Å². The zero-order valence-electron chi connectivity index (χ0n) is 12.9. The fourth-order valence-electron chi connectivity index (χ4n) is 7.11. The number of nitrogens with one attached hydrogen (secondary N) is 1. The Morgan fingerprint density at radius 1 is 0.800 bits per heavy atom. The lowest BCUT2D eigenvalue weighted by Crippen LogP contribution is -2.52. The lowest BCUT2D eigenvalue weighted by Gasteiger charge is -2.40. The molecular formula is C18H30N2. The summed E-state index contributed by atoms with van der Waals surface area (Å²) in [7, 11) is 2.36. The molecule has 2 heteroatoms. The highest BCUT2D eigenvalue weighted by molar-refractivity contribution is 5.07. The van der Waals surface area contributed by atoms with Gasteiger partial charge in [-0.3, -0.25) is 0 Å². The first-order valence-corrected chi connectivity index (χ1v) is 9.27. The number of rotatable bonds is 2. The monoisotopic (exact) mass is 274 g/mol. The van der Waals surface area contributed by atoms with Gasteiger partial charge in [0.05, 0.1) is 0 Å². The molecule has 3 aliphatic carbocycles. The lowest BCUT2D eigenvalue weighted by atomic mass is 9.78. The zero-order chi connectivity index (χ0) is 13.3. The minimum atomic E-state index is 0.841. The van der Waals surface area contributed by atoms with Gasteiger partial charge < -0.3 is 10.2 Å². The number of hydrogen-bond donors (Lipinski definition) is 1. The van der Waals surface area contributed by atoms with Crippen LogP contribution >= 0.6 is 0 Å². The Morgan fingerprint density at radius 2 is 1.55 bits per heavy atom. The molecule has 2 nitrogen and oxygen atoms in total. The van der Waals surface area contributed by atoms with Crippen molar-refractivity contribution in [1.29, 1.82) is 0 Å². The van der Waals surface area contributed by atoms with Crippen LogP contribution in [0.3, 0.4) is 0 Å². The quantitative estimate of drug-likeness (QED) is 0.832. The third kappa shape index (κ3) is 1.70. The fourth-order valence-corrected chi connectivity index (χ4v) is 7.11. The molecule has 0 radical (unpaired) electrons. The molecule has 4 bridgehead atoms. The molecule has 5 aliphatic rings. The average Bonchev–Trinajstić information content (AvgIpc) is 3.13. The maximum Gasteiger partial charge on any atom is 0.0111 e. The van der Waals surface area contributed by atoms with Gasteiger partial charge in [-0.25, -0.2) is 0 Å². The number of fused-ring (bicyclic) bond motifs is 7. The molecule has 112 valence electrons. The maximum absolute atomic E-state index is 4.16. The molecule has 7 atom stereocenters. The van der Waals surface area contributed by atoms with Gasteiger partial charge in [-0.05, 0) is 82.1 Å². The summed E-state index contributed by atoms with van der Waals surface area (Å²) >= 11 is 0. The molecule has 5 fully saturated rings. The van der Waals surface area contributed by atoms with E-state index in [0.29, 0.717) is 0 Å². The molecule has 2 saturated heterocycles. The third-order valence-electron chi connectivity index (χ3n) is 7.98. The van der Waals surface area contributed by atoms with Crippen LogP contribution < -0.4 is 5.32 Å². The van der Waals surface area contributed by atoms with E-state index in [1.54, 1.807) is 19.3 Å². The first-order valence-electron chi connectivity index (χ1n) is 9.27. The van der Waals surface area contributed by atoms with Crippen molar-refractivity contribution < 1.29 is 0 Å². The van der Waals surface area contributed by atoms with Gasteiger partial charge in [-0.15, -0.1) is 0 Å². The highest BCUT2D eigenvalue weighted by Crippen LogP contribution is 2.58. The summed E-state index contributed by atoms with van der Waals surface area (Å²) in [4.78, 5) is 2.67. The third-order valence-corrected chi connectivity index (χ3v) is 7.98. The van der Waals surface area contributed by atoms with Crippen molar-refractivity contribution in [3.05, 3.63) is 0 Å². The van der Waals surface area contributed by atoms with E-state index in [9.17, 15) is 0 Å². The van der Waals surface area contributed by atoms with E-state index in [0.717, 1.165) is 47.8 Å². The van der Waals surface area contributed by atoms with E-state index in [1.807, 2.05) is 0 Å². The first kappa shape index (κ1) is 12.5. The van der Waals surface area contributed by atoms with Crippen molar-refractivity contribution in [3.63, 3.8) is 0 Å². The van der Waals surface area contributed by atoms with E-state index in [-0.39, 0.29) is 0 Å². The summed E-state index contributed by atoms with van der Waals surface area (Å²) in [6.07, 6.45) is 13.5. The average molecular weight is 274 g/mol.